The van der Waals surface area contributed by atoms with Crippen molar-refractivity contribution in [1.29, 1.82) is 5.26 Å². The fraction of sp³-hybridized carbons (Fsp3) is 0.111. The van der Waals surface area contributed by atoms with Gasteiger partial charge in [0, 0.05) is 19.5 Å². The maximum atomic E-state index is 12.3. The number of rotatable bonds is 5. The molecule has 31 heavy (non-hydrogen) atoms. The molecule has 3 aromatic rings. The van der Waals surface area contributed by atoms with E-state index in [0.717, 1.165) is 10.4 Å². The van der Waals surface area contributed by atoms with Gasteiger partial charge in [0.2, 0.25) is 15.8 Å². The lowest BCUT2D eigenvalue weighted by atomic mass is 10.2. The Balaban J connectivity index is 1.79. The molecule has 0 aliphatic rings. The second kappa shape index (κ2) is 8.91. The fourth-order valence-electron chi connectivity index (χ4n) is 2.51. The van der Waals surface area contributed by atoms with Crippen LogP contribution in [-0.2, 0) is 10.0 Å². The number of hydrazine groups is 1. The molecule has 0 saturated heterocycles. The van der Waals surface area contributed by atoms with Gasteiger partial charge in [0.25, 0.3) is 0 Å². The van der Waals surface area contributed by atoms with Crippen molar-refractivity contribution in [2.75, 3.05) is 24.8 Å². The highest BCUT2D eigenvalue weighted by Gasteiger charge is 2.23. The van der Waals surface area contributed by atoms with Gasteiger partial charge in [-0.25, -0.2) is 22.5 Å². The number of carbonyl (C=O) groups excluding carboxylic acids is 1. The predicted octanol–water partition coefficient (Wildman–Crippen LogP) is 3.21. The molecule has 160 valence electrons. The second-order valence-electron chi connectivity index (χ2n) is 6.28. The lowest BCUT2D eigenvalue weighted by Gasteiger charge is -2.15. The summed E-state index contributed by atoms with van der Waals surface area (Å²) >= 11 is 12.2. The molecule has 0 radical (unpaired) electrons. The van der Waals surface area contributed by atoms with Gasteiger partial charge in [0.15, 0.2) is 5.82 Å². The number of benzene rings is 2. The SMILES string of the molecule is CN(C)S(=O)(=O)c1cc(Cl)c(NC(=O)NNc2nc(C#N)nc3ccccc23)cc1Cl. The third kappa shape index (κ3) is 4.78. The summed E-state index contributed by atoms with van der Waals surface area (Å²) in [6.45, 7) is 0. The largest absolute Gasteiger partial charge is 0.337 e. The fourth-order valence-corrected chi connectivity index (χ4v) is 4.21. The number of aromatic nitrogens is 2. The maximum Gasteiger partial charge on any atom is 0.337 e. The molecule has 10 nitrogen and oxygen atoms in total. The minimum absolute atomic E-state index is 0.0285. The minimum atomic E-state index is -3.81. The minimum Gasteiger partial charge on any atom is -0.305 e. The van der Waals surface area contributed by atoms with Crippen LogP contribution in [0.1, 0.15) is 5.82 Å². The number of hydrogen-bond acceptors (Lipinski definition) is 7. The maximum absolute atomic E-state index is 12.3. The Bertz CT molecular complexity index is 1320. The molecule has 0 spiro atoms. The number of halogens is 2. The first-order chi connectivity index (χ1) is 14.6. The third-order valence-electron chi connectivity index (χ3n) is 4.03. The summed E-state index contributed by atoms with van der Waals surface area (Å²) in [6.07, 6.45) is 0. The van der Waals surface area contributed by atoms with Gasteiger partial charge in [-0.2, -0.15) is 10.2 Å². The average molecular weight is 480 g/mol. The standard InChI is InChI=1S/C18H15Cl2N7O3S/c1-27(2)31(29,30)15-8-11(19)14(7-12(15)20)23-18(28)26-25-17-10-5-3-4-6-13(10)22-16(9-21)24-17/h3-8H,1-2H3,(H,22,24,25)(H2,23,26,28). The van der Waals surface area contributed by atoms with Gasteiger partial charge in [-0.15, -0.1) is 0 Å². The van der Waals surface area contributed by atoms with E-state index >= 15 is 0 Å². The third-order valence-corrected chi connectivity index (χ3v) is 6.62. The number of fused-ring (bicyclic) bond motifs is 1. The highest BCUT2D eigenvalue weighted by Crippen LogP contribution is 2.33. The molecule has 3 rings (SSSR count). The zero-order chi connectivity index (χ0) is 22.8. The lowest BCUT2D eigenvalue weighted by Crippen LogP contribution is -2.34. The highest BCUT2D eigenvalue weighted by atomic mass is 35.5. The monoisotopic (exact) mass is 479 g/mol. The van der Waals surface area contributed by atoms with E-state index in [1.165, 1.54) is 20.2 Å². The van der Waals surface area contributed by atoms with Crippen molar-refractivity contribution in [2.45, 2.75) is 4.90 Å². The summed E-state index contributed by atoms with van der Waals surface area (Å²) in [6, 6.07) is 10.4. The van der Waals surface area contributed by atoms with Crippen molar-refractivity contribution < 1.29 is 13.2 Å². The number of anilines is 2. The van der Waals surface area contributed by atoms with Gasteiger partial charge >= 0.3 is 6.03 Å². The molecule has 0 aliphatic carbocycles. The normalized spacial score (nSPS) is 11.2. The Labute approximate surface area is 187 Å². The molecule has 1 aromatic heterocycles. The number of nitriles is 1. The number of carbonyl (C=O) groups is 1. The average Bonchev–Trinajstić information content (AvgIpc) is 2.73. The summed E-state index contributed by atoms with van der Waals surface area (Å²) in [7, 11) is -1.09. The molecule has 0 bridgehead atoms. The topological polar surface area (TPSA) is 140 Å². The number of hydrogen-bond donors (Lipinski definition) is 3. The Morgan fingerprint density at radius 1 is 1.13 bits per heavy atom. The van der Waals surface area contributed by atoms with Gasteiger partial charge in [0.05, 0.1) is 21.2 Å². The van der Waals surface area contributed by atoms with Gasteiger partial charge < -0.3 is 5.32 Å². The van der Waals surface area contributed by atoms with E-state index in [2.05, 4.69) is 26.1 Å². The Kier molecular flexibility index (Phi) is 6.47. The van der Waals surface area contributed by atoms with Crippen LogP contribution in [0.15, 0.2) is 41.3 Å². The van der Waals surface area contributed by atoms with Crippen LogP contribution in [0.4, 0.5) is 16.3 Å². The Morgan fingerprint density at radius 2 is 1.84 bits per heavy atom. The molecule has 3 N–H and O–H groups in total. The molecule has 2 aromatic carbocycles. The van der Waals surface area contributed by atoms with Crippen molar-refractivity contribution in [3.63, 3.8) is 0 Å². The molecule has 1 heterocycles. The number of para-hydroxylation sites is 1. The predicted molar refractivity (Wildman–Crippen MR) is 117 cm³/mol. The number of urea groups is 1. The molecule has 13 heteroatoms. The van der Waals surface area contributed by atoms with Gasteiger partial charge in [0.1, 0.15) is 11.0 Å². The summed E-state index contributed by atoms with van der Waals surface area (Å²) in [5.41, 5.74) is 5.61. The van der Waals surface area contributed by atoms with E-state index in [-0.39, 0.29) is 32.3 Å². The summed E-state index contributed by atoms with van der Waals surface area (Å²) in [5, 5.41) is 12.0. The first-order valence-corrected chi connectivity index (χ1v) is 10.7. The molecule has 0 fully saturated rings. The van der Waals surface area contributed by atoms with Crippen LogP contribution in [-0.4, -0.2) is 42.8 Å². The second-order valence-corrected chi connectivity index (χ2v) is 9.21. The summed E-state index contributed by atoms with van der Waals surface area (Å²) < 4.78 is 25.6. The summed E-state index contributed by atoms with van der Waals surface area (Å²) in [5.74, 6) is 0.143. The Hall–Kier alpha value is -3.17. The van der Waals surface area contributed by atoms with E-state index in [0.29, 0.717) is 10.9 Å². The first kappa shape index (κ1) is 22.5. The van der Waals surface area contributed by atoms with E-state index in [1.807, 2.05) is 6.07 Å². The van der Waals surface area contributed by atoms with Crippen LogP contribution in [0.25, 0.3) is 10.9 Å². The first-order valence-electron chi connectivity index (χ1n) is 8.55. The van der Waals surface area contributed by atoms with Gasteiger partial charge in [-0.1, -0.05) is 35.3 Å². The van der Waals surface area contributed by atoms with Crippen molar-refractivity contribution in [2.24, 2.45) is 0 Å². The quantitative estimate of drug-likeness (QED) is 0.477. The lowest BCUT2D eigenvalue weighted by molar-refractivity contribution is 0.254. The molecule has 2 amide bonds. The number of nitrogens with zero attached hydrogens (tertiary/aromatic N) is 4. The van der Waals surface area contributed by atoms with Gasteiger partial charge in [-0.05, 0) is 24.3 Å². The van der Waals surface area contributed by atoms with E-state index < -0.39 is 16.1 Å². The summed E-state index contributed by atoms with van der Waals surface area (Å²) in [4.78, 5) is 20.2. The van der Waals surface area contributed by atoms with Crippen molar-refractivity contribution >= 4 is 61.7 Å². The van der Waals surface area contributed by atoms with E-state index in [9.17, 15) is 13.2 Å². The number of amides is 2. The highest BCUT2D eigenvalue weighted by molar-refractivity contribution is 7.89. The van der Waals surface area contributed by atoms with Crippen molar-refractivity contribution in [3.8, 4) is 6.07 Å². The van der Waals surface area contributed by atoms with Crippen LogP contribution in [0.5, 0.6) is 0 Å². The van der Waals surface area contributed by atoms with E-state index in [4.69, 9.17) is 28.5 Å². The van der Waals surface area contributed by atoms with Crippen LogP contribution in [0, 0.1) is 11.3 Å². The van der Waals surface area contributed by atoms with Crippen molar-refractivity contribution in [1.82, 2.24) is 19.7 Å². The van der Waals surface area contributed by atoms with Crippen LogP contribution in [0.2, 0.25) is 10.0 Å². The van der Waals surface area contributed by atoms with Gasteiger partial charge in [-0.3, -0.25) is 10.9 Å². The zero-order valence-corrected chi connectivity index (χ0v) is 18.5. The molecule has 0 unspecified atom stereocenters. The zero-order valence-electron chi connectivity index (χ0n) is 16.1. The van der Waals surface area contributed by atoms with Crippen molar-refractivity contribution in [3.05, 3.63) is 52.3 Å². The molecule has 0 aliphatic heterocycles. The van der Waals surface area contributed by atoms with E-state index in [1.54, 1.807) is 24.3 Å². The molecular weight excluding hydrogens is 465 g/mol. The molecule has 0 atom stereocenters. The smallest absolute Gasteiger partial charge is 0.305 e. The molecule has 0 saturated carbocycles. The number of sulfonamides is 1. The molecular formula is C18H15Cl2N7O3S. The Morgan fingerprint density at radius 3 is 2.52 bits per heavy atom. The van der Waals surface area contributed by atoms with Crippen LogP contribution in [0.3, 0.4) is 0 Å². The van der Waals surface area contributed by atoms with Crippen LogP contribution >= 0.6 is 23.2 Å². The number of nitrogens with one attached hydrogen (secondary N) is 3. The van der Waals surface area contributed by atoms with Crippen LogP contribution < -0.4 is 16.2 Å².